The van der Waals surface area contributed by atoms with Gasteiger partial charge in [0.1, 0.15) is 6.26 Å². The van der Waals surface area contributed by atoms with E-state index < -0.39 is 12.3 Å². The highest BCUT2D eigenvalue weighted by Crippen LogP contribution is 2.25. The van der Waals surface area contributed by atoms with Crippen molar-refractivity contribution in [3.05, 3.63) is 29.5 Å². The molecule has 6 nitrogen and oxygen atoms in total. The van der Waals surface area contributed by atoms with Gasteiger partial charge in [-0.05, 0) is 11.4 Å². The van der Waals surface area contributed by atoms with Crippen LogP contribution >= 0.6 is 11.3 Å². The Balaban J connectivity index is 1.54. The van der Waals surface area contributed by atoms with Crippen LogP contribution in [0.2, 0.25) is 0 Å². The molecular formula is C14H16FN3O3S. The van der Waals surface area contributed by atoms with Crippen LogP contribution in [-0.2, 0) is 6.54 Å². The van der Waals surface area contributed by atoms with E-state index in [4.69, 9.17) is 9.52 Å². The number of thiophene rings is 1. The van der Waals surface area contributed by atoms with E-state index in [0.717, 1.165) is 4.88 Å². The summed E-state index contributed by atoms with van der Waals surface area (Å²) in [6.45, 7) is -0.149. The minimum Gasteiger partial charge on any atom is -0.443 e. The SMILES string of the molecule is O=C(NCc1coc(-c2cccs2)n1)N1CCC(F)(CO)C1. The summed E-state index contributed by atoms with van der Waals surface area (Å²) in [6.07, 6.45) is 1.65. The van der Waals surface area contributed by atoms with Gasteiger partial charge >= 0.3 is 6.03 Å². The number of halogens is 1. The van der Waals surface area contributed by atoms with Crippen LogP contribution < -0.4 is 5.32 Å². The van der Waals surface area contributed by atoms with Crippen molar-refractivity contribution in [3.8, 4) is 10.8 Å². The molecule has 0 saturated carbocycles. The Morgan fingerprint density at radius 2 is 2.50 bits per heavy atom. The Kier molecular flexibility index (Phi) is 4.12. The van der Waals surface area contributed by atoms with E-state index in [1.54, 1.807) is 0 Å². The molecule has 0 bridgehead atoms. The fraction of sp³-hybridized carbons (Fsp3) is 0.429. The molecule has 1 atom stereocenters. The molecule has 0 spiro atoms. The average Bonchev–Trinajstić information content (AvgIpc) is 3.25. The summed E-state index contributed by atoms with van der Waals surface area (Å²) >= 11 is 1.52. The summed E-state index contributed by atoms with van der Waals surface area (Å²) in [7, 11) is 0. The van der Waals surface area contributed by atoms with Crippen LogP contribution in [0.5, 0.6) is 0 Å². The van der Waals surface area contributed by atoms with E-state index in [2.05, 4.69) is 10.3 Å². The molecule has 0 aliphatic carbocycles. The van der Waals surface area contributed by atoms with Gasteiger partial charge in [-0.1, -0.05) is 6.07 Å². The second-order valence-electron chi connectivity index (χ2n) is 5.26. The van der Waals surface area contributed by atoms with Crippen LogP contribution in [-0.4, -0.2) is 46.4 Å². The number of carbonyl (C=O) groups is 1. The number of aliphatic hydroxyl groups is 1. The molecule has 22 heavy (non-hydrogen) atoms. The average molecular weight is 325 g/mol. The first kappa shape index (κ1) is 15.0. The third-order valence-corrected chi connectivity index (χ3v) is 4.44. The van der Waals surface area contributed by atoms with Crippen LogP contribution in [0.3, 0.4) is 0 Å². The lowest BCUT2D eigenvalue weighted by Gasteiger charge is -2.19. The van der Waals surface area contributed by atoms with E-state index in [0.29, 0.717) is 18.1 Å². The van der Waals surface area contributed by atoms with Crippen molar-refractivity contribution in [2.45, 2.75) is 18.6 Å². The number of rotatable bonds is 4. The lowest BCUT2D eigenvalue weighted by atomic mass is 10.1. The molecular weight excluding hydrogens is 309 g/mol. The van der Waals surface area contributed by atoms with E-state index >= 15 is 0 Å². The summed E-state index contributed by atoms with van der Waals surface area (Å²) in [4.78, 5) is 18.5. The molecule has 118 valence electrons. The Bertz CT molecular complexity index is 646. The Morgan fingerprint density at radius 1 is 1.64 bits per heavy atom. The summed E-state index contributed by atoms with van der Waals surface area (Å²) in [6, 6.07) is 3.44. The van der Waals surface area contributed by atoms with E-state index in [9.17, 15) is 9.18 Å². The van der Waals surface area contributed by atoms with Crippen molar-refractivity contribution in [1.82, 2.24) is 15.2 Å². The smallest absolute Gasteiger partial charge is 0.317 e. The molecule has 0 radical (unpaired) electrons. The first-order valence-electron chi connectivity index (χ1n) is 6.90. The molecule has 2 N–H and O–H groups in total. The number of amides is 2. The van der Waals surface area contributed by atoms with Crippen molar-refractivity contribution in [3.63, 3.8) is 0 Å². The number of likely N-dealkylation sites (tertiary alicyclic amines) is 1. The van der Waals surface area contributed by atoms with E-state index in [-0.39, 0.29) is 25.5 Å². The molecule has 1 fully saturated rings. The van der Waals surface area contributed by atoms with Crippen molar-refractivity contribution in [1.29, 1.82) is 0 Å². The van der Waals surface area contributed by atoms with E-state index in [1.807, 2.05) is 17.5 Å². The lowest BCUT2D eigenvalue weighted by Crippen LogP contribution is -2.41. The molecule has 1 saturated heterocycles. The molecule has 1 aliphatic rings. The number of nitrogens with zero attached hydrogens (tertiary/aromatic N) is 2. The first-order chi connectivity index (χ1) is 10.6. The quantitative estimate of drug-likeness (QED) is 0.901. The zero-order chi connectivity index (χ0) is 15.6. The lowest BCUT2D eigenvalue weighted by molar-refractivity contribution is 0.0805. The Hall–Kier alpha value is -1.93. The topological polar surface area (TPSA) is 78.6 Å². The van der Waals surface area contributed by atoms with Gasteiger partial charge in [-0.3, -0.25) is 0 Å². The zero-order valence-electron chi connectivity index (χ0n) is 11.8. The van der Waals surface area contributed by atoms with Gasteiger partial charge in [-0.2, -0.15) is 0 Å². The van der Waals surface area contributed by atoms with E-state index in [1.165, 1.54) is 22.5 Å². The molecule has 2 aromatic heterocycles. The van der Waals surface area contributed by atoms with Crippen LogP contribution in [0.1, 0.15) is 12.1 Å². The predicted octanol–water partition coefficient (Wildman–Crippen LogP) is 2.02. The van der Waals surface area contributed by atoms with Gasteiger partial charge in [0.2, 0.25) is 5.89 Å². The second-order valence-corrected chi connectivity index (χ2v) is 6.21. The molecule has 2 aromatic rings. The maximum Gasteiger partial charge on any atom is 0.317 e. The maximum atomic E-state index is 13.9. The highest BCUT2D eigenvalue weighted by atomic mass is 32.1. The number of urea groups is 1. The van der Waals surface area contributed by atoms with Crippen LogP contribution in [0.15, 0.2) is 28.2 Å². The fourth-order valence-electron chi connectivity index (χ4n) is 2.32. The third-order valence-electron chi connectivity index (χ3n) is 3.58. The van der Waals surface area contributed by atoms with Gasteiger partial charge in [0.25, 0.3) is 0 Å². The Morgan fingerprint density at radius 3 is 3.18 bits per heavy atom. The number of carbonyl (C=O) groups excluding carboxylic acids is 1. The van der Waals surface area contributed by atoms with Gasteiger partial charge in [-0.15, -0.1) is 11.3 Å². The molecule has 3 rings (SSSR count). The predicted molar refractivity (Wildman–Crippen MR) is 79.2 cm³/mol. The number of aromatic nitrogens is 1. The second kappa shape index (κ2) is 6.05. The highest BCUT2D eigenvalue weighted by Gasteiger charge is 2.39. The standard InChI is InChI=1S/C14H16FN3O3S/c15-14(9-19)3-4-18(8-14)13(20)16-6-10-7-21-12(17-10)11-2-1-5-22-11/h1-2,5,7,19H,3-4,6,8-9H2,(H,16,20). The number of hydrogen-bond acceptors (Lipinski definition) is 5. The van der Waals surface area contributed by atoms with Gasteiger partial charge < -0.3 is 19.7 Å². The monoisotopic (exact) mass is 325 g/mol. The van der Waals surface area contributed by atoms with Gasteiger partial charge in [0, 0.05) is 13.0 Å². The minimum absolute atomic E-state index is 0.0887. The van der Waals surface area contributed by atoms with Crippen LogP contribution in [0, 0.1) is 0 Å². The molecule has 1 unspecified atom stereocenters. The number of nitrogens with one attached hydrogen (secondary N) is 1. The van der Waals surface area contributed by atoms with Crippen molar-refractivity contribution in [2.75, 3.05) is 19.7 Å². The Labute approximate surface area is 130 Å². The molecule has 8 heteroatoms. The summed E-state index contributed by atoms with van der Waals surface area (Å²) < 4.78 is 19.2. The van der Waals surface area contributed by atoms with Crippen molar-refractivity contribution in [2.24, 2.45) is 0 Å². The molecule has 3 heterocycles. The fourth-order valence-corrected chi connectivity index (χ4v) is 2.97. The number of aliphatic hydroxyl groups excluding tert-OH is 1. The zero-order valence-corrected chi connectivity index (χ0v) is 12.6. The first-order valence-corrected chi connectivity index (χ1v) is 7.78. The minimum atomic E-state index is -1.68. The van der Waals surface area contributed by atoms with Gasteiger partial charge in [-0.25, -0.2) is 14.2 Å². The summed E-state index contributed by atoms with van der Waals surface area (Å²) in [5.74, 6) is 0.517. The van der Waals surface area contributed by atoms with Crippen LogP contribution in [0.4, 0.5) is 9.18 Å². The molecule has 2 amide bonds. The number of alkyl halides is 1. The summed E-state index contributed by atoms with van der Waals surface area (Å²) in [5.41, 5.74) is -1.08. The highest BCUT2D eigenvalue weighted by molar-refractivity contribution is 7.13. The largest absolute Gasteiger partial charge is 0.443 e. The van der Waals surface area contributed by atoms with Crippen molar-refractivity contribution >= 4 is 17.4 Å². The van der Waals surface area contributed by atoms with Crippen molar-refractivity contribution < 1.29 is 18.7 Å². The number of oxazole rings is 1. The van der Waals surface area contributed by atoms with Gasteiger partial charge in [0.15, 0.2) is 5.67 Å². The third kappa shape index (κ3) is 3.12. The normalized spacial score (nSPS) is 21.3. The van der Waals surface area contributed by atoms with Crippen LogP contribution in [0.25, 0.3) is 10.8 Å². The van der Waals surface area contributed by atoms with Gasteiger partial charge in [0.05, 0.1) is 30.3 Å². The molecule has 1 aliphatic heterocycles. The maximum absolute atomic E-state index is 13.9. The molecule has 0 aromatic carbocycles. The summed E-state index contributed by atoms with van der Waals surface area (Å²) in [5, 5.41) is 13.6. The number of hydrogen-bond donors (Lipinski definition) is 2.